The molecule has 0 spiro atoms. The molecule has 0 radical (unpaired) electrons. The number of aromatic nitrogens is 1. The normalized spacial score (nSPS) is 9.56. The van der Waals surface area contributed by atoms with E-state index in [-0.39, 0.29) is 18.7 Å². The summed E-state index contributed by atoms with van der Waals surface area (Å²) in [7, 11) is 1.78. The van der Waals surface area contributed by atoms with E-state index in [9.17, 15) is 4.79 Å². The zero-order valence-corrected chi connectivity index (χ0v) is 11.6. The zero-order valence-electron chi connectivity index (χ0n) is 10.1. The van der Waals surface area contributed by atoms with Gasteiger partial charge in [-0.3, -0.25) is 4.79 Å². The Balaban J connectivity index is 2.85. The highest BCUT2D eigenvalue weighted by Crippen LogP contribution is 2.15. The largest absolute Gasteiger partial charge is 0.345 e. The molecule has 0 N–H and O–H groups in total. The van der Waals surface area contributed by atoms with Gasteiger partial charge in [0.05, 0.1) is 25.0 Å². The molecule has 18 heavy (non-hydrogen) atoms. The molecule has 94 valence electrons. The number of carbonyl (C=O) groups excluding carboxylic acids is 1. The van der Waals surface area contributed by atoms with Crippen LogP contribution in [0.4, 0.5) is 0 Å². The molecule has 0 saturated carbocycles. The lowest BCUT2D eigenvalue weighted by atomic mass is 10.3. The molecule has 0 fully saturated rings. The van der Waals surface area contributed by atoms with Gasteiger partial charge in [0.15, 0.2) is 0 Å². The van der Waals surface area contributed by atoms with Crippen molar-refractivity contribution in [1.82, 2.24) is 9.47 Å². The van der Waals surface area contributed by atoms with E-state index in [4.69, 9.17) is 10.5 Å². The number of nitriles is 2. The summed E-state index contributed by atoms with van der Waals surface area (Å²) in [5.41, 5.74) is 0.540. The van der Waals surface area contributed by atoms with Crippen molar-refractivity contribution >= 4 is 21.8 Å². The summed E-state index contributed by atoms with van der Waals surface area (Å²) in [6.45, 7) is 0.694. The van der Waals surface area contributed by atoms with Crippen LogP contribution in [-0.2, 0) is 7.05 Å². The van der Waals surface area contributed by atoms with Crippen molar-refractivity contribution < 1.29 is 4.79 Å². The Bertz CT molecular complexity index is 491. The fourth-order valence-corrected chi connectivity index (χ4v) is 2.11. The van der Waals surface area contributed by atoms with Crippen molar-refractivity contribution in [3.8, 4) is 12.1 Å². The van der Waals surface area contributed by atoms with Gasteiger partial charge in [-0.2, -0.15) is 10.5 Å². The molecule has 0 aliphatic carbocycles. The monoisotopic (exact) mass is 308 g/mol. The summed E-state index contributed by atoms with van der Waals surface area (Å²) in [4.78, 5) is 13.8. The Labute approximate surface area is 114 Å². The highest BCUT2D eigenvalue weighted by Gasteiger charge is 2.18. The van der Waals surface area contributed by atoms with Crippen LogP contribution in [0.2, 0.25) is 0 Å². The minimum absolute atomic E-state index is 0.159. The summed E-state index contributed by atoms with van der Waals surface area (Å²) >= 11 is 3.31. The van der Waals surface area contributed by atoms with Crippen LogP contribution >= 0.6 is 15.9 Å². The molecule has 1 aromatic rings. The van der Waals surface area contributed by atoms with Gasteiger partial charge in [0.2, 0.25) is 0 Å². The molecule has 0 atom stereocenters. The summed E-state index contributed by atoms with van der Waals surface area (Å²) in [5.74, 6) is -0.159. The van der Waals surface area contributed by atoms with E-state index in [2.05, 4.69) is 15.9 Å². The highest BCUT2D eigenvalue weighted by molar-refractivity contribution is 9.10. The summed E-state index contributed by atoms with van der Waals surface area (Å²) < 4.78 is 2.55. The van der Waals surface area contributed by atoms with Crippen LogP contribution in [0.3, 0.4) is 0 Å². The number of aryl methyl sites for hydroxylation is 1. The summed E-state index contributed by atoms with van der Waals surface area (Å²) in [5, 5.41) is 17.2. The molecule has 1 amide bonds. The Kier molecular flexibility index (Phi) is 5.41. The number of amides is 1. The fraction of sp³-hybridized carbons (Fsp3) is 0.417. The number of rotatable bonds is 5. The van der Waals surface area contributed by atoms with Gasteiger partial charge in [-0.25, -0.2) is 0 Å². The van der Waals surface area contributed by atoms with Crippen molar-refractivity contribution in [2.45, 2.75) is 12.8 Å². The molecule has 0 aliphatic heterocycles. The maximum absolute atomic E-state index is 12.3. The van der Waals surface area contributed by atoms with Gasteiger partial charge >= 0.3 is 0 Å². The lowest BCUT2D eigenvalue weighted by Gasteiger charge is -2.20. The molecule has 1 aromatic heterocycles. The van der Waals surface area contributed by atoms with Gasteiger partial charge in [0, 0.05) is 30.8 Å². The van der Waals surface area contributed by atoms with Gasteiger partial charge in [-0.05, 0) is 22.0 Å². The first-order valence-corrected chi connectivity index (χ1v) is 6.24. The predicted octanol–water partition coefficient (Wildman–Crippen LogP) is 2.06. The first-order chi connectivity index (χ1) is 8.60. The second-order valence-electron chi connectivity index (χ2n) is 3.76. The minimum atomic E-state index is -0.159. The lowest BCUT2D eigenvalue weighted by Crippen LogP contribution is -2.33. The van der Waals surface area contributed by atoms with E-state index in [1.807, 2.05) is 12.1 Å². The van der Waals surface area contributed by atoms with Crippen molar-refractivity contribution in [3.63, 3.8) is 0 Å². The van der Waals surface area contributed by atoms with Crippen LogP contribution in [0.15, 0.2) is 16.7 Å². The van der Waals surface area contributed by atoms with E-state index in [0.29, 0.717) is 18.8 Å². The third-order valence-corrected chi connectivity index (χ3v) is 2.90. The van der Waals surface area contributed by atoms with Crippen LogP contribution in [0, 0.1) is 22.7 Å². The third kappa shape index (κ3) is 3.61. The van der Waals surface area contributed by atoms with Gasteiger partial charge in [-0.1, -0.05) is 0 Å². The zero-order chi connectivity index (χ0) is 13.5. The van der Waals surface area contributed by atoms with Crippen LogP contribution in [-0.4, -0.2) is 28.5 Å². The second-order valence-corrected chi connectivity index (χ2v) is 4.68. The molecule has 0 saturated heterocycles. The molecule has 0 unspecified atom stereocenters. The molecule has 0 bridgehead atoms. The molecule has 0 aliphatic rings. The number of carbonyl (C=O) groups is 1. The number of hydrogen-bond acceptors (Lipinski definition) is 3. The first-order valence-electron chi connectivity index (χ1n) is 5.45. The standard InChI is InChI=1S/C12H13BrN4O/c1-16-9-10(13)8-11(16)12(18)17(6-2-4-14)7-3-5-15/h8-9H,2-3,6-7H2,1H3. The molecule has 5 nitrogen and oxygen atoms in total. The van der Waals surface area contributed by atoms with E-state index in [0.717, 1.165) is 4.47 Å². The number of nitrogens with zero attached hydrogens (tertiary/aromatic N) is 4. The highest BCUT2D eigenvalue weighted by atomic mass is 79.9. The fourth-order valence-electron chi connectivity index (χ4n) is 1.58. The second kappa shape index (κ2) is 6.83. The van der Waals surface area contributed by atoms with Gasteiger partial charge in [0.1, 0.15) is 5.69 Å². The van der Waals surface area contributed by atoms with Crippen molar-refractivity contribution in [3.05, 3.63) is 22.4 Å². The molecular formula is C12H13BrN4O. The van der Waals surface area contributed by atoms with Gasteiger partial charge in [-0.15, -0.1) is 0 Å². The lowest BCUT2D eigenvalue weighted by molar-refractivity contribution is 0.0753. The van der Waals surface area contributed by atoms with Crippen LogP contribution in [0.25, 0.3) is 0 Å². The average Bonchev–Trinajstić information content (AvgIpc) is 2.68. The molecule has 1 rings (SSSR count). The maximum atomic E-state index is 12.3. The predicted molar refractivity (Wildman–Crippen MR) is 69.5 cm³/mol. The Morgan fingerprint density at radius 2 is 1.94 bits per heavy atom. The van der Waals surface area contributed by atoms with Gasteiger partial charge in [0.25, 0.3) is 5.91 Å². The molecular weight excluding hydrogens is 296 g/mol. The molecule has 0 aromatic carbocycles. The maximum Gasteiger partial charge on any atom is 0.270 e. The smallest absolute Gasteiger partial charge is 0.270 e. The van der Waals surface area contributed by atoms with Crippen LogP contribution in [0.5, 0.6) is 0 Å². The van der Waals surface area contributed by atoms with Crippen LogP contribution < -0.4 is 0 Å². The average molecular weight is 309 g/mol. The Morgan fingerprint density at radius 3 is 2.33 bits per heavy atom. The first kappa shape index (κ1) is 14.3. The quantitative estimate of drug-likeness (QED) is 0.835. The Hall–Kier alpha value is -1.79. The minimum Gasteiger partial charge on any atom is -0.345 e. The molecule has 1 heterocycles. The van der Waals surface area contributed by atoms with Crippen LogP contribution in [0.1, 0.15) is 23.3 Å². The topological polar surface area (TPSA) is 72.8 Å². The van der Waals surface area contributed by atoms with E-state index >= 15 is 0 Å². The van der Waals surface area contributed by atoms with E-state index < -0.39 is 0 Å². The number of halogens is 1. The summed E-state index contributed by atoms with van der Waals surface area (Å²) in [6, 6.07) is 5.75. The third-order valence-electron chi connectivity index (χ3n) is 2.46. The van der Waals surface area contributed by atoms with E-state index in [1.165, 1.54) is 4.90 Å². The van der Waals surface area contributed by atoms with Gasteiger partial charge < -0.3 is 9.47 Å². The Morgan fingerprint density at radius 1 is 1.39 bits per heavy atom. The van der Waals surface area contributed by atoms with Crippen molar-refractivity contribution in [1.29, 1.82) is 10.5 Å². The SMILES string of the molecule is Cn1cc(Br)cc1C(=O)N(CCC#N)CCC#N. The van der Waals surface area contributed by atoms with Crippen molar-refractivity contribution in [2.75, 3.05) is 13.1 Å². The number of hydrogen-bond donors (Lipinski definition) is 0. The summed E-state index contributed by atoms with van der Waals surface area (Å²) in [6.07, 6.45) is 2.32. The van der Waals surface area contributed by atoms with E-state index in [1.54, 1.807) is 23.9 Å². The van der Waals surface area contributed by atoms with Crippen molar-refractivity contribution in [2.24, 2.45) is 7.05 Å². The molecule has 6 heteroatoms.